The second kappa shape index (κ2) is 5.33. The number of carbonyl (C=O) groups excluding carboxylic acids is 1. The number of carbonyl (C=O) groups is 1. The zero-order valence-electron chi connectivity index (χ0n) is 10.4. The fourth-order valence-electron chi connectivity index (χ4n) is 2.56. The van der Waals surface area contributed by atoms with Gasteiger partial charge in [-0.2, -0.15) is 0 Å². The number of hydrogen-bond donors (Lipinski definition) is 2. The van der Waals surface area contributed by atoms with E-state index in [1.807, 2.05) is 13.8 Å². The molecule has 0 unspecified atom stereocenters. The molecule has 2 heterocycles. The number of rotatable bonds is 4. The van der Waals surface area contributed by atoms with Crippen molar-refractivity contribution in [2.75, 3.05) is 13.2 Å². The van der Waals surface area contributed by atoms with Crippen molar-refractivity contribution in [2.24, 2.45) is 5.92 Å². The van der Waals surface area contributed by atoms with E-state index in [9.17, 15) is 9.90 Å². The molecule has 4 atom stereocenters. The fraction of sp³-hybridized carbons (Fsp3) is 0.917. The summed E-state index contributed by atoms with van der Waals surface area (Å²) in [6.07, 6.45) is 0.654. The summed E-state index contributed by atoms with van der Waals surface area (Å²) in [6, 6.07) is -0.120. The predicted octanol–water partition coefficient (Wildman–Crippen LogP) is 0.0659. The van der Waals surface area contributed by atoms with Crippen LogP contribution in [0.4, 0.5) is 0 Å². The average molecular weight is 243 g/mol. The van der Waals surface area contributed by atoms with Gasteiger partial charge in [0.1, 0.15) is 18.3 Å². The maximum absolute atomic E-state index is 11.9. The number of hydrogen-bond acceptors (Lipinski definition) is 4. The van der Waals surface area contributed by atoms with Crippen molar-refractivity contribution < 1.29 is 19.4 Å². The van der Waals surface area contributed by atoms with Crippen molar-refractivity contribution in [1.82, 2.24) is 5.32 Å². The zero-order chi connectivity index (χ0) is 12.4. The van der Waals surface area contributed by atoms with E-state index in [1.54, 1.807) is 0 Å². The van der Waals surface area contributed by atoms with Crippen LogP contribution in [-0.2, 0) is 14.3 Å². The van der Waals surface area contributed by atoms with Gasteiger partial charge < -0.3 is 19.9 Å². The molecule has 2 saturated heterocycles. The summed E-state index contributed by atoms with van der Waals surface area (Å²) < 4.78 is 10.9. The van der Waals surface area contributed by atoms with Crippen molar-refractivity contribution in [3.63, 3.8) is 0 Å². The molecule has 2 rings (SSSR count). The van der Waals surface area contributed by atoms with E-state index in [2.05, 4.69) is 5.32 Å². The monoisotopic (exact) mass is 243 g/mol. The van der Waals surface area contributed by atoms with E-state index in [0.717, 1.165) is 12.8 Å². The molecule has 0 spiro atoms. The molecule has 0 aromatic carbocycles. The first-order chi connectivity index (χ1) is 8.17. The quantitative estimate of drug-likeness (QED) is 0.733. The Bertz CT molecular complexity index is 280. The number of nitrogens with one attached hydrogen (secondary N) is 1. The summed E-state index contributed by atoms with van der Waals surface area (Å²) >= 11 is 0. The fourth-order valence-corrected chi connectivity index (χ4v) is 2.56. The first kappa shape index (κ1) is 12.8. The van der Waals surface area contributed by atoms with Crippen LogP contribution in [0.5, 0.6) is 0 Å². The third-order valence-electron chi connectivity index (χ3n) is 3.71. The average Bonchev–Trinajstić information content (AvgIpc) is 2.86. The van der Waals surface area contributed by atoms with Gasteiger partial charge in [0.2, 0.25) is 5.91 Å². The topological polar surface area (TPSA) is 67.8 Å². The van der Waals surface area contributed by atoms with E-state index in [0.29, 0.717) is 13.2 Å². The Balaban J connectivity index is 1.90. The van der Waals surface area contributed by atoms with Gasteiger partial charge in [-0.15, -0.1) is 0 Å². The Morgan fingerprint density at radius 3 is 2.59 bits per heavy atom. The number of aliphatic hydroxyl groups is 1. The number of fused-ring (bicyclic) bond motifs is 1. The smallest absolute Gasteiger partial charge is 0.223 e. The molecule has 2 aliphatic rings. The Kier molecular flexibility index (Phi) is 4.01. The summed E-state index contributed by atoms with van der Waals surface area (Å²) in [7, 11) is 0. The minimum absolute atomic E-state index is 0.0559. The van der Waals surface area contributed by atoms with E-state index >= 15 is 0 Å². The molecule has 2 N–H and O–H groups in total. The van der Waals surface area contributed by atoms with Gasteiger partial charge in [-0.25, -0.2) is 0 Å². The zero-order valence-corrected chi connectivity index (χ0v) is 10.4. The first-order valence-electron chi connectivity index (χ1n) is 6.39. The largest absolute Gasteiger partial charge is 0.388 e. The standard InChI is InChI=1S/C12H21NO4/c1-3-7(4-2)12(15)13-8-5-16-11-9(14)6-17-10(8)11/h7-11,14H,3-6H2,1-2H3,(H,13,15)/t8-,9+,10+,11+/m0/s1. The van der Waals surface area contributed by atoms with Crippen LogP contribution in [0.3, 0.4) is 0 Å². The lowest BCUT2D eigenvalue weighted by Gasteiger charge is -2.20. The predicted molar refractivity (Wildman–Crippen MR) is 61.5 cm³/mol. The first-order valence-corrected chi connectivity index (χ1v) is 6.39. The molecule has 98 valence electrons. The van der Waals surface area contributed by atoms with Crippen molar-refractivity contribution in [1.29, 1.82) is 0 Å². The summed E-state index contributed by atoms with van der Waals surface area (Å²) in [5, 5.41) is 12.6. The van der Waals surface area contributed by atoms with Crippen molar-refractivity contribution >= 4 is 5.91 Å². The van der Waals surface area contributed by atoms with Crippen LogP contribution in [0.25, 0.3) is 0 Å². The summed E-state index contributed by atoms with van der Waals surface area (Å²) in [6.45, 7) is 4.75. The van der Waals surface area contributed by atoms with Gasteiger partial charge in [0.15, 0.2) is 0 Å². The van der Waals surface area contributed by atoms with Crippen LogP contribution in [-0.4, -0.2) is 48.6 Å². The number of ether oxygens (including phenoxy) is 2. The van der Waals surface area contributed by atoms with E-state index in [4.69, 9.17) is 9.47 Å². The Morgan fingerprint density at radius 2 is 1.94 bits per heavy atom. The SMILES string of the molecule is CCC(CC)C(=O)N[C@H]1CO[C@H]2[C@@H]1OC[C@H]2O. The Labute approximate surface area is 101 Å². The van der Waals surface area contributed by atoms with Crippen LogP contribution in [0.15, 0.2) is 0 Å². The third-order valence-corrected chi connectivity index (χ3v) is 3.71. The van der Waals surface area contributed by atoms with Gasteiger partial charge in [-0.05, 0) is 12.8 Å². The third kappa shape index (κ3) is 2.46. The van der Waals surface area contributed by atoms with Crippen molar-refractivity contribution in [3.8, 4) is 0 Å². The van der Waals surface area contributed by atoms with Gasteiger partial charge in [0.05, 0.1) is 19.3 Å². The maximum atomic E-state index is 11.9. The van der Waals surface area contributed by atoms with Crippen LogP contribution in [0.2, 0.25) is 0 Å². The molecule has 5 nitrogen and oxygen atoms in total. The van der Waals surface area contributed by atoms with Gasteiger partial charge in [0, 0.05) is 5.92 Å². The van der Waals surface area contributed by atoms with E-state index in [-0.39, 0.29) is 30.1 Å². The molecule has 0 radical (unpaired) electrons. The second-order valence-electron chi connectivity index (χ2n) is 4.79. The summed E-state index contributed by atoms with van der Waals surface area (Å²) in [5.74, 6) is 0.120. The van der Waals surface area contributed by atoms with Gasteiger partial charge >= 0.3 is 0 Å². The Hall–Kier alpha value is -0.650. The molecule has 0 aliphatic carbocycles. The highest BCUT2D eigenvalue weighted by atomic mass is 16.6. The molecule has 0 bridgehead atoms. The lowest BCUT2D eigenvalue weighted by Crippen LogP contribution is -2.46. The minimum atomic E-state index is -0.560. The highest BCUT2D eigenvalue weighted by Gasteiger charge is 2.47. The molecule has 5 heteroatoms. The molecule has 0 aromatic heterocycles. The molecule has 2 aliphatic heterocycles. The van der Waals surface area contributed by atoms with E-state index in [1.165, 1.54) is 0 Å². The highest BCUT2D eigenvalue weighted by molar-refractivity contribution is 5.79. The summed E-state index contributed by atoms with van der Waals surface area (Å²) in [5.41, 5.74) is 0. The van der Waals surface area contributed by atoms with E-state index < -0.39 is 6.10 Å². The maximum Gasteiger partial charge on any atom is 0.223 e. The van der Waals surface area contributed by atoms with Crippen LogP contribution >= 0.6 is 0 Å². The number of aliphatic hydroxyl groups excluding tert-OH is 1. The summed E-state index contributed by atoms with van der Waals surface area (Å²) in [4.78, 5) is 11.9. The van der Waals surface area contributed by atoms with Gasteiger partial charge in [-0.3, -0.25) is 4.79 Å². The Morgan fingerprint density at radius 1 is 1.29 bits per heavy atom. The van der Waals surface area contributed by atoms with Crippen LogP contribution in [0, 0.1) is 5.92 Å². The lowest BCUT2D eigenvalue weighted by atomic mass is 10.0. The molecule has 0 aromatic rings. The number of amides is 1. The molecule has 1 amide bonds. The van der Waals surface area contributed by atoms with Crippen LogP contribution in [0.1, 0.15) is 26.7 Å². The molecular weight excluding hydrogens is 222 g/mol. The molecule has 17 heavy (non-hydrogen) atoms. The molecular formula is C12H21NO4. The second-order valence-corrected chi connectivity index (χ2v) is 4.79. The molecule has 0 saturated carbocycles. The highest BCUT2D eigenvalue weighted by Crippen LogP contribution is 2.27. The minimum Gasteiger partial charge on any atom is -0.388 e. The van der Waals surface area contributed by atoms with Crippen molar-refractivity contribution in [3.05, 3.63) is 0 Å². The van der Waals surface area contributed by atoms with Gasteiger partial charge in [0.25, 0.3) is 0 Å². The molecule has 2 fully saturated rings. The van der Waals surface area contributed by atoms with Crippen LogP contribution < -0.4 is 5.32 Å². The lowest BCUT2D eigenvalue weighted by molar-refractivity contribution is -0.126. The van der Waals surface area contributed by atoms with Gasteiger partial charge in [-0.1, -0.05) is 13.8 Å². The normalized spacial score (nSPS) is 36.2. The van der Waals surface area contributed by atoms with Crippen molar-refractivity contribution in [2.45, 2.75) is 51.0 Å².